The number of piperidine rings is 1. The number of carbonyl (C=O) groups excluding carboxylic acids is 1. The van der Waals surface area contributed by atoms with E-state index in [-0.39, 0.29) is 30.1 Å². The normalized spacial score (nSPS) is 21.0. The zero-order valence-corrected chi connectivity index (χ0v) is 25.6. The van der Waals surface area contributed by atoms with Gasteiger partial charge in [-0.1, -0.05) is 12.0 Å². The number of anilines is 2. The maximum absolute atomic E-state index is 13.7. The number of alkyl halides is 3. The average molecular weight is 628 g/mol. The topological polar surface area (TPSA) is 89.0 Å². The Morgan fingerprint density at radius 1 is 1.02 bits per heavy atom. The minimum Gasteiger partial charge on any atom is -0.495 e. The summed E-state index contributed by atoms with van der Waals surface area (Å²) in [5.74, 6) is 6.44. The van der Waals surface area contributed by atoms with Crippen LogP contribution in [0.1, 0.15) is 28.9 Å². The van der Waals surface area contributed by atoms with Crippen LogP contribution in [0, 0.1) is 17.8 Å². The fourth-order valence-corrected chi connectivity index (χ4v) is 5.92. The van der Waals surface area contributed by atoms with Crippen LogP contribution >= 0.6 is 0 Å². The largest absolute Gasteiger partial charge is 0.495 e. The van der Waals surface area contributed by atoms with Crippen LogP contribution in [0.3, 0.4) is 0 Å². The third kappa shape index (κ3) is 8.63. The van der Waals surface area contributed by atoms with Crippen LogP contribution in [-0.4, -0.2) is 94.4 Å². The lowest BCUT2D eigenvalue weighted by Crippen LogP contribution is -2.45. The molecule has 2 unspecified atom stereocenters. The molecular formula is C33H40F3N5O4. The summed E-state index contributed by atoms with van der Waals surface area (Å²) in [6.07, 6.45) is -2.70. The second-order valence-corrected chi connectivity index (χ2v) is 11.4. The highest BCUT2D eigenvalue weighted by Gasteiger charge is 2.31. The number of rotatable bonds is 2. The molecule has 3 aromatic rings. The van der Waals surface area contributed by atoms with Gasteiger partial charge in [-0.3, -0.25) is 4.79 Å². The summed E-state index contributed by atoms with van der Waals surface area (Å²) in [6, 6.07) is 12.2. The molecule has 4 bridgehead atoms. The number of aromatic nitrogens is 1. The number of nitrogens with one attached hydrogen (secondary N) is 3. The molecular weight excluding hydrogens is 587 g/mol. The van der Waals surface area contributed by atoms with Crippen molar-refractivity contribution in [3.8, 4) is 17.6 Å². The maximum Gasteiger partial charge on any atom is 0.406 e. The summed E-state index contributed by atoms with van der Waals surface area (Å²) in [4.78, 5) is 15.0. The molecule has 12 heteroatoms. The number of likely N-dealkylation sites (tertiary alicyclic amines) is 1. The van der Waals surface area contributed by atoms with Gasteiger partial charge in [0, 0.05) is 42.4 Å². The maximum atomic E-state index is 13.7. The number of ether oxygens (including phenoxy) is 3. The highest BCUT2D eigenvalue weighted by atomic mass is 19.4. The van der Waals surface area contributed by atoms with Gasteiger partial charge in [0.2, 0.25) is 0 Å². The molecule has 1 saturated heterocycles. The number of carbonyl (C=O) groups is 1. The van der Waals surface area contributed by atoms with Gasteiger partial charge in [0.1, 0.15) is 12.3 Å². The van der Waals surface area contributed by atoms with Crippen molar-refractivity contribution in [3.63, 3.8) is 0 Å². The van der Waals surface area contributed by atoms with Gasteiger partial charge >= 0.3 is 6.18 Å². The van der Waals surface area contributed by atoms with Crippen LogP contribution in [0.15, 0.2) is 42.5 Å². The van der Waals surface area contributed by atoms with Gasteiger partial charge in [0.05, 0.1) is 50.4 Å². The lowest BCUT2D eigenvalue weighted by molar-refractivity contribution is -0.140. The molecule has 0 spiro atoms. The van der Waals surface area contributed by atoms with Gasteiger partial charge in [-0.15, -0.1) is 0 Å². The molecule has 0 aliphatic carbocycles. The molecule has 9 nitrogen and oxygen atoms in total. The van der Waals surface area contributed by atoms with Gasteiger partial charge in [-0.2, -0.15) is 13.2 Å². The van der Waals surface area contributed by atoms with E-state index in [1.807, 2.05) is 6.07 Å². The van der Waals surface area contributed by atoms with Crippen LogP contribution in [0.25, 0.3) is 10.9 Å². The number of nitrogens with zero attached hydrogens (tertiary/aromatic N) is 2. The molecule has 2 atom stereocenters. The minimum atomic E-state index is -4.43. The van der Waals surface area contributed by atoms with E-state index in [0.29, 0.717) is 60.9 Å². The van der Waals surface area contributed by atoms with E-state index in [1.165, 1.54) is 11.7 Å². The molecule has 45 heavy (non-hydrogen) atoms. The summed E-state index contributed by atoms with van der Waals surface area (Å²) in [6.45, 7) is 2.89. The van der Waals surface area contributed by atoms with E-state index in [4.69, 9.17) is 14.2 Å². The predicted octanol–water partition coefficient (Wildman–Crippen LogP) is 4.57. The molecule has 2 aromatic carbocycles. The summed E-state index contributed by atoms with van der Waals surface area (Å²) >= 11 is 0. The zero-order chi connectivity index (χ0) is 31.8. The fraction of sp³-hybridized carbons (Fsp3) is 0.485. The Hall–Kier alpha value is -3.92. The molecule has 2 aliphatic rings. The Labute approximate surface area is 261 Å². The Bertz CT molecular complexity index is 1530. The SMILES string of the molecule is COc1ccc2cc1NCC#Cc1cc3c(cccc3n1CC(F)(F)F)NC1CCN(C)CC1CCOCCOCCNC2=O. The second kappa shape index (κ2) is 14.9. The van der Waals surface area contributed by atoms with Crippen molar-refractivity contribution in [2.75, 3.05) is 77.4 Å². The highest BCUT2D eigenvalue weighted by Crippen LogP contribution is 2.33. The van der Waals surface area contributed by atoms with Crippen molar-refractivity contribution >= 4 is 28.2 Å². The Kier molecular flexibility index (Phi) is 10.8. The summed E-state index contributed by atoms with van der Waals surface area (Å²) < 4.78 is 59.4. The molecule has 5 rings (SSSR count). The second-order valence-electron chi connectivity index (χ2n) is 11.4. The number of halogens is 3. The molecule has 242 valence electrons. The van der Waals surface area contributed by atoms with Gasteiger partial charge in [-0.05, 0) is 74.7 Å². The monoisotopic (exact) mass is 627 g/mol. The molecule has 2 aliphatic heterocycles. The number of hydrogen-bond acceptors (Lipinski definition) is 7. The molecule has 1 aromatic heterocycles. The number of amides is 1. The first-order valence-electron chi connectivity index (χ1n) is 15.2. The van der Waals surface area contributed by atoms with Crippen LogP contribution in [-0.2, 0) is 16.0 Å². The fourth-order valence-electron chi connectivity index (χ4n) is 5.92. The van der Waals surface area contributed by atoms with E-state index in [0.717, 1.165) is 31.6 Å². The van der Waals surface area contributed by atoms with Crippen LogP contribution in [0.4, 0.5) is 24.5 Å². The Morgan fingerprint density at radius 2 is 1.84 bits per heavy atom. The van der Waals surface area contributed by atoms with Crippen LogP contribution in [0.2, 0.25) is 0 Å². The van der Waals surface area contributed by atoms with Crippen LogP contribution in [0.5, 0.6) is 5.75 Å². The molecule has 1 amide bonds. The van der Waals surface area contributed by atoms with Gasteiger partial charge < -0.3 is 39.6 Å². The van der Waals surface area contributed by atoms with Crippen molar-refractivity contribution in [2.45, 2.75) is 31.6 Å². The number of hydrogen-bond donors (Lipinski definition) is 3. The van der Waals surface area contributed by atoms with E-state index >= 15 is 0 Å². The van der Waals surface area contributed by atoms with Gasteiger partial charge in [-0.25, -0.2) is 0 Å². The third-order valence-corrected chi connectivity index (χ3v) is 8.14. The zero-order valence-electron chi connectivity index (χ0n) is 25.6. The van der Waals surface area contributed by atoms with E-state index in [2.05, 4.69) is 39.7 Å². The number of benzene rings is 2. The van der Waals surface area contributed by atoms with E-state index < -0.39 is 12.7 Å². The molecule has 3 heterocycles. The predicted molar refractivity (Wildman–Crippen MR) is 168 cm³/mol. The lowest BCUT2D eigenvalue weighted by atomic mass is 9.89. The molecule has 1 fully saturated rings. The van der Waals surface area contributed by atoms with Crippen molar-refractivity contribution in [1.82, 2.24) is 14.8 Å². The quantitative estimate of drug-likeness (QED) is 0.359. The summed E-state index contributed by atoms with van der Waals surface area (Å²) in [5, 5.41) is 10.3. The standard InChI is InChI=1S/C33H40F3N5O4/c1-40-14-10-27-24(21-40)11-15-44-17-18-45-16-13-38-32(42)23-8-9-31(43-2)29(19-23)37-12-4-5-25-20-26-28(39-27)6-3-7-30(26)41(25)22-33(34,35)36/h3,6-9,19-20,24,27,37,39H,10-18,21-22H2,1-2H3,(H,38,42). The first-order valence-corrected chi connectivity index (χ1v) is 15.2. The average Bonchev–Trinajstić information content (AvgIpc) is 3.35. The first kappa shape index (κ1) is 32.5. The smallest absolute Gasteiger partial charge is 0.406 e. The van der Waals surface area contributed by atoms with Gasteiger partial charge in [0.25, 0.3) is 5.91 Å². The number of fused-ring (bicyclic) bond motifs is 4. The van der Waals surface area contributed by atoms with Crippen molar-refractivity contribution < 1.29 is 32.2 Å². The summed E-state index contributed by atoms with van der Waals surface area (Å²) in [7, 11) is 3.61. The molecule has 0 radical (unpaired) electrons. The van der Waals surface area contributed by atoms with Gasteiger partial charge in [0.15, 0.2) is 0 Å². The van der Waals surface area contributed by atoms with Crippen molar-refractivity contribution in [1.29, 1.82) is 0 Å². The van der Waals surface area contributed by atoms with E-state index in [9.17, 15) is 18.0 Å². The molecule has 3 N–H and O–H groups in total. The number of methoxy groups -OCH3 is 1. The Balaban J connectivity index is 1.47. The van der Waals surface area contributed by atoms with Crippen LogP contribution < -0.4 is 20.7 Å². The van der Waals surface area contributed by atoms with Crippen molar-refractivity contribution in [2.24, 2.45) is 5.92 Å². The van der Waals surface area contributed by atoms with Crippen molar-refractivity contribution in [3.05, 3.63) is 53.7 Å². The summed E-state index contributed by atoms with van der Waals surface area (Å²) in [5.41, 5.74) is 2.48. The lowest BCUT2D eigenvalue weighted by Gasteiger charge is -2.38. The molecule has 0 saturated carbocycles. The minimum absolute atomic E-state index is 0.118. The third-order valence-electron chi connectivity index (χ3n) is 8.14. The highest BCUT2D eigenvalue weighted by molar-refractivity contribution is 5.96. The first-order chi connectivity index (χ1) is 21.7. The Morgan fingerprint density at radius 3 is 2.64 bits per heavy atom. The van der Waals surface area contributed by atoms with E-state index in [1.54, 1.807) is 36.4 Å².